The van der Waals surface area contributed by atoms with Gasteiger partial charge in [0.1, 0.15) is 0 Å². The number of allylic oxidation sites excluding steroid dienone is 1. The number of carbonyl (C=O) groups is 1. The summed E-state index contributed by atoms with van der Waals surface area (Å²) in [6.07, 6.45) is 8.52. The molecule has 27 heavy (non-hydrogen) atoms. The van der Waals surface area contributed by atoms with Crippen LogP contribution in [0.4, 0.5) is 5.13 Å². The van der Waals surface area contributed by atoms with Crippen molar-refractivity contribution in [3.8, 4) is 0 Å². The van der Waals surface area contributed by atoms with Crippen molar-refractivity contribution in [2.24, 2.45) is 28.6 Å². The Morgan fingerprint density at radius 1 is 1.26 bits per heavy atom. The van der Waals surface area contributed by atoms with Crippen LogP contribution >= 0.6 is 11.3 Å². The van der Waals surface area contributed by atoms with Crippen LogP contribution in [0.3, 0.4) is 0 Å². The van der Waals surface area contributed by atoms with Gasteiger partial charge in [-0.25, -0.2) is 4.98 Å². The Morgan fingerprint density at radius 3 is 2.81 bits per heavy atom. The van der Waals surface area contributed by atoms with Gasteiger partial charge in [0.05, 0.1) is 11.8 Å². The van der Waals surface area contributed by atoms with Gasteiger partial charge in [-0.2, -0.15) is 0 Å². The quantitative estimate of drug-likeness (QED) is 0.754. The molecular weight excluding hydrogens is 356 g/mol. The van der Waals surface area contributed by atoms with E-state index in [1.165, 1.54) is 23.3 Å². The van der Waals surface area contributed by atoms with Crippen LogP contribution in [0, 0.1) is 28.6 Å². The van der Waals surface area contributed by atoms with E-state index in [1.54, 1.807) is 0 Å². The second-order valence-corrected chi connectivity index (χ2v) is 10.8. The Hall–Kier alpha value is -1.20. The van der Waals surface area contributed by atoms with E-state index in [4.69, 9.17) is 5.73 Å². The standard InChI is InChI=1S/C22H30N2O2S/c1-21-8-7-13(25)9-12(21)3-4-14-15-5-6-16(17-11-27-20(23)24-17)22(15,2)10-18(26)19(14)21/h9,11,14-16,18-19,26H,3-8,10H2,1-2H3,(H2,23,24)/t14-,15-,16-,18?,19?,21-,22-/m1/s1. The smallest absolute Gasteiger partial charge is 0.180 e. The number of fused-ring (bicyclic) bond motifs is 5. The van der Waals surface area contributed by atoms with E-state index >= 15 is 0 Å². The molecule has 2 unspecified atom stereocenters. The highest BCUT2D eigenvalue weighted by atomic mass is 32.1. The first kappa shape index (κ1) is 17.9. The van der Waals surface area contributed by atoms with Crippen molar-refractivity contribution in [3.05, 3.63) is 22.7 Å². The summed E-state index contributed by atoms with van der Waals surface area (Å²) in [5.74, 6) is 2.16. The van der Waals surface area contributed by atoms with Crippen LogP contribution in [0.2, 0.25) is 0 Å². The van der Waals surface area contributed by atoms with Gasteiger partial charge in [-0.05, 0) is 73.2 Å². The molecule has 3 N–H and O–H groups in total. The van der Waals surface area contributed by atoms with Crippen LogP contribution in [-0.2, 0) is 4.79 Å². The molecule has 1 heterocycles. The van der Waals surface area contributed by atoms with Crippen LogP contribution in [-0.4, -0.2) is 22.0 Å². The number of nitrogens with zero attached hydrogens (tertiary/aromatic N) is 1. The summed E-state index contributed by atoms with van der Waals surface area (Å²) in [4.78, 5) is 16.6. The summed E-state index contributed by atoms with van der Waals surface area (Å²) in [6.45, 7) is 4.71. The molecule has 4 nitrogen and oxygen atoms in total. The number of aliphatic hydroxyl groups excluding tert-OH is 1. The van der Waals surface area contributed by atoms with E-state index in [0.29, 0.717) is 35.2 Å². The molecule has 4 aliphatic rings. The Labute approximate surface area is 165 Å². The second kappa shape index (κ2) is 5.90. The van der Waals surface area contributed by atoms with Gasteiger partial charge in [0.25, 0.3) is 0 Å². The fourth-order valence-electron chi connectivity index (χ4n) is 7.63. The molecule has 0 spiro atoms. The third kappa shape index (κ3) is 2.43. The molecule has 1 aromatic rings. The number of anilines is 1. The molecule has 0 aliphatic heterocycles. The van der Waals surface area contributed by atoms with Crippen molar-refractivity contribution >= 4 is 22.3 Å². The molecule has 146 valence electrons. The van der Waals surface area contributed by atoms with Crippen LogP contribution in [0.1, 0.15) is 70.4 Å². The molecular formula is C22H30N2O2S. The minimum absolute atomic E-state index is 0.000713. The summed E-state index contributed by atoms with van der Waals surface area (Å²) in [5.41, 5.74) is 8.47. The fourth-order valence-corrected chi connectivity index (χ4v) is 8.25. The lowest BCUT2D eigenvalue weighted by Gasteiger charge is -2.59. The third-order valence-electron chi connectivity index (χ3n) is 8.79. The first-order valence-corrected chi connectivity index (χ1v) is 11.3. The summed E-state index contributed by atoms with van der Waals surface area (Å²) < 4.78 is 0. The molecule has 3 fully saturated rings. The van der Waals surface area contributed by atoms with E-state index in [-0.39, 0.29) is 22.7 Å². The lowest BCUT2D eigenvalue weighted by molar-refractivity contribution is -0.129. The van der Waals surface area contributed by atoms with Crippen molar-refractivity contribution in [1.29, 1.82) is 0 Å². The van der Waals surface area contributed by atoms with Crippen molar-refractivity contribution < 1.29 is 9.90 Å². The molecule has 5 rings (SSSR count). The maximum atomic E-state index is 12.0. The number of rotatable bonds is 1. The first-order valence-electron chi connectivity index (χ1n) is 10.5. The topological polar surface area (TPSA) is 76.2 Å². The third-order valence-corrected chi connectivity index (χ3v) is 9.48. The predicted octanol–water partition coefficient (Wildman–Crippen LogP) is 4.31. The van der Waals surface area contributed by atoms with Crippen LogP contribution in [0.15, 0.2) is 17.0 Å². The summed E-state index contributed by atoms with van der Waals surface area (Å²) in [5, 5.41) is 14.2. The summed E-state index contributed by atoms with van der Waals surface area (Å²) >= 11 is 1.53. The Balaban J connectivity index is 1.51. The maximum Gasteiger partial charge on any atom is 0.180 e. The lowest BCUT2D eigenvalue weighted by Crippen LogP contribution is -2.56. The Bertz CT molecular complexity index is 817. The molecule has 0 bridgehead atoms. The van der Waals surface area contributed by atoms with Gasteiger partial charge < -0.3 is 10.8 Å². The van der Waals surface area contributed by atoms with Crippen molar-refractivity contribution in [2.75, 3.05) is 5.73 Å². The zero-order valence-electron chi connectivity index (χ0n) is 16.3. The molecule has 0 amide bonds. The average molecular weight is 387 g/mol. The lowest BCUT2D eigenvalue weighted by atomic mass is 9.46. The fraction of sp³-hybridized carbons (Fsp3) is 0.727. The van der Waals surface area contributed by atoms with Gasteiger partial charge >= 0.3 is 0 Å². The zero-order valence-corrected chi connectivity index (χ0v) is 17.1. The van der Waals surface area contributed by atoms with E-state index in [1.807, 2.05) is 6.08 Å². The molecule has 3 saturated carbocycles. The molecule has 0 radical (unpaired) electrons. The first-order chi connectivity index (χ1) is 12.8. The minimum Gasteiger partial charge on any atom is -0.393 e. The monoisotopic (exact) mass is 386 g/mol. The number of hydrogen-bond acceptors (Lipinski definition) is 5. The number of carbonyl (C=O) groups excluding carboxylic acids is 1. The molecule has 1 aromatic heterocycles. The van der Waals surface area contributed by atoms with Crippen molar-refractivity contribution in [1.82, 2.24) is 4.98 Å². The minimum atomic E-state index is -0.297. The molecule has 4 aliphatic carbocycles. The molecule has 7 atom stereocenters. The van der Waals surface area contributed by atoms with E-state index in [9.17, 15) is 9.90 Å². The maximum absolute atomic E-state index is 12.0. The second-order valence-electron chi connectivity index (χ2n) is 9.91. The summed E-state index contributed by atoms with van der Waals surface area (Å²) in [6, 6.07) is 0. The molecule has 5 heteroatoms. The zero-order chi connectivity index (χ0) is 19.0. The van der Waals surface area contributed by atoms with E-state index in [2.05, 4.69) is 24.2 Å². The van der Waals surface area contributed by atoms with Crippen molar-refractivity contribution in [2.45, 2.75) is 70.8 Å². The normalized spacial score (nSPS) is 46.4. The Kier molecular flexibility index (Phi) is 3.90. The van der Waals surface area contributed by atoms with Gasteiger partial charge in [-0.1, -0.05) is 19.4 Å². The number of thiazole rings is 1. The van der Waals surface area contributed by atoms with Gasteiger partial charge in [0, 0.05) is 17.7 Å². The number of ketones is 1. The number of aromatic nitrogens is 1. The number of nitrogen functional groups attached to an aromatic ring is 1. The van der Waals surface area contributed by atoms with Crippen molar-refractivity contribution in [3.63, 3.8) is 0 Å². The highest BCUT2D eigenvalue weighted by Gasteiger charge is 2.62. The summed E-state index contributed by atoms with van der Waals surface area (Å²) in [7, 11) is 0. The van der Waals surface area contributed by atoms with E-state index in [0.717, 1.165) is 37.8 Å². The van der Waals surface area contributed by atoms with Crippen LogP contribution in [0.5, 0.6) is 0 Å². The molecule has 0 saturated heterocycles. The largest absolute Gasteiger partial charge is 0.393 e. The molecule has 0 aromatic carbocycles. The predicted molar refractivity (Wildman–Crippen MR) is 107 cm³/mol. The van der Waals surface area contributed by atoms with Crippen LogP contribution < -0.4 is 5.73 Å². The van der Waals surface area contributed by atoms with Gasteiger partial charge in [0.15, 0.2) is 10.9 Å². The SMILES string of the molecule is C[C@@]12CC(O)C3[C@H](CCC4=CC(=O)CC[C@]43C)[C@H]1CC[C@@H]2c1csc(N)n1. The average Bonchev–Trinajstić information content (AvgIpc) is 3.17. The highest BCUT2D eigenvalue weighted by Crippen LogP contribution is 2.68. The number of aliphatic hydroxyl groups is 1. The van der Waals surface area contributed by atoms with Gasteiger partial charge in [-0.15, -0.1) is 11.3 Å². The van der Waals surface area contributed by atoms with Crippen LogP contribution in [0.25, 0.3) is 0 Å². The van der Waals surface area contributed by atoms with Gasteiger partial charge in [-0.3, -0.25) is 4.79 Å². The number of nitrogens with two attached hydrogens (primary N) is 1. The number of hydrogen-bond donors (Lipinski definition) is 2. The Morgan fingerprint density at radius 2 is 2.07 bits per heavy atom. The highest BCUT2D eigenvalue weighted by molar-refractivity contribution is 7.13. The van der Waals surface area contributed by atoms with Gasteiger partial charge in [0.2, 0.25) is 0 Å². The van der Waals surface area contributed by atoms with E-state index < -0.39 is 0 Å².